The molecule has 1 N–H and O–H groups in total. The maximum atomic E-state index is 12.7. The van der Waals surface area contributed by atoms with E-state index in [-0.39, 0.29) is 5.56 Å². The first-order valence-corrected chi connectivity index (χ1v) is 8.13. The summed E-state index contributed by atoms with van der Waals surface area (Å²) in [6.45, 7) is 3.85. The molecule has 0 atom stereocenters. The number of aliphatic imine (C=N–C) groups is 1. The number of rotatable bonds is 4. The van der Waals surface area contributed by atoms with Crippen molar-refractivity contribution in [2.75, 3.05) is 7.11 Å². The number of methoxy groups -OCH3 is 1. The van der Waals surface area contributed by atoms with E-state index < -0.39 is 0 Å². The van der Waals surface area contributed by atoms with Crippen LogP contribution in [0.25, 0.3) is 5.69 Å². The number of halogens is 1. The van der Waals surface area contributed by atoms with Gasteiger partial charge >= 0.3 is 0 Å². The Morgan fingerprint density at radius 1 is 1.16 bits per heavy atom. The lowest BCUT2D eigenvalue weighted by molar-refractivity contribution is 0.414. The van der Waals surface area contributed by atoms with Crippen LogP contribution in [0, 0.1) is 13.8 Å². The van der Waals surface area contributed by atoms with Crippen molar-refractivity contribution in [1.29, 1.82) is 0 Å². The van der Waals surface area contributed by atoms with E-state index in [1.807, 2.05) is 38.1 Å². The van der Waals surface area contributed by atoms with Crippen LogP contribution in [-0.2, 0) is 0 Å². The standard InChI is InChI=1S/C19H18ClN3O2/c1-12-4-6-14(7-5-12)21-11-16-13(2)22-23(19(16)24)15-8-9-17(20)18(10-15)25-3/h4-11,22H,1-3H3. The van der Waals surface area contributed by atoms with Crippen molar-refractivity contribution < 1.29 is 4.74 Å². The molecule has 0 aliphatic heterocycles. The first-order valence-electron chi connectivity index (χ1n) is 7.76. The van der Waals surface area contributed by atoms with Gasteiger partial charge in [0.1, 0.15) is 5.75 Å². The molecule has 0 fully saturated rings. The first-order chi connectivity index (χ1) is 12.0. The number of aromatic amines is 1. The highest BCUT2D eigenvalue weighted by molar-refractivity contribution is 6.32. The summed E-state index contributed by atoms with van der Waals surface area (Å²) in [7, 11) is 1.54. The number of ether oxygens (including phenoxy) is 1. The fourth-order valence-corrected chi connectivity index (χ4v) is 2.65. The van der Waals surface area contributed by atoms with Crippen LogP contribution < -0.4 is 10.3 Å². The average molecular weight is 356 g/mol. The highest BCUT2D eigenvalue weighted by atomic mass is 35.5. The second kappa shape index (κ2) is 6.99. The zero-order valence-electron chi connectivity index (χ0n) is 14.2. The molecule has 0 saturated heterocycles. The molecule has 0 unspecified atom stereocenters. The first kappa shape index (κ1) is 17.0. The van der Waals surface area contributed by atoms with Crippen molar-refractivity contribution in [3.63, 3.8) is 0 Å². The lowest BCUT2D eigenvalue weighted by Gasteiger charge is -2.06. The molecule has 1 aromatic heterocycles. The third-order valence-electron chi connectivity index (χ3n) is 3.89. The molecule has 0 aliphatic rings. The van der Waals surface area contributed by atoms with Gasteiger partial charge in [-0.05, 0) is 38.1 Å². The highest BCUT2D eigenvalue weighted by Crippen LogP contribution is 2.26. The van der Waals surface area contributed by atoms with Crippen LogP contribution in [0.15, 0.2) is 52.3 Å². The number of nitrogens with zero attached hydrogens (tertiary/aromatic N) is 2. The Balaban J connectivity index is 1.99. The van der Waals surface area contributed by atoms with Crippen LogP contribution in [0.2, 0.25) is 5.02 Å². The summed E-state index contributed by atoms with van der Waals surface area (Å²) in [5, 5.41) is 3.55. The van der Waals surface area contributed by atoms with Crippen LogP contribution in [0.3, 0.4) is 0 Å². The molecule has 3 rings (SSSR count). The van der Waals surface area contributed by atoms with Crippen LogP contribution in [-0.4, -0.2) is 23.1 Å². The van der Waals surface area contributed by atoms with Gasteiger partial charge in [0, 0.05) is 18.0 Å². The summed E-state index contributed by atoms with van der Waals surface area (Å²) in [6, 6.07) is 12.9. The van der Waals surface area contributed by atoms with E-state index in [0.29, 0.717) is 22.0 Å². The Morgan fingerprint density at radius 3 is 2.56 bits per heavy atom. The van der Waals surface area contributed by atoms with Crippen molar-refractivity contribution in [2.24, 2.45) is 4.99 Å². The van der Waals surface area contributed by atoms with E-state index in [0.717, 1.165) is 16.9 Å². The predicted octanol–water partition coefficient (Wildman–Crippen LogP) is 4.20. The third-order valence-corrected chi connectivity index (χ3v) is 4.20. The molecule has 6 heteroatoms. The molecule has 0 bridgehead atoms. The Kier molecular flexibility index (Phi) is 4.76. The van der Waals surface area contributed by atoms with Gasteiger partial charge < -0.3 is 4.74 Å². The number of aryl methyl sites for hydroxylation is 2. The lowest BCUT2D eigenvalue weighted by atomic mass is 10.2. The number of H-pyrrole nitrogens is 1. The normalized spacial score (nSPS) is 11.2. The van der Waals surface area contributed by atoms with E-state index in [1.54, 1.807) is 24.4 Å². The quantitative estimate of drug-likeness (QED) is 0.713. The van der Waals surface area contributed by atoms with Gasteiger partial charge in [0.05, 0.1) is 29.1 Å². The Labute approximate surface area is 150 Å². The maximum absolute atomic E-state index is 12.7. The summed E-state index contributed by atoms with van der Waals surface area (Å²) in [6.07, 6.45) is 1.59. The van der Waals surface area contributed by atoms with Gasteiger partial charge in [0.25, 0.3) is 5.56 Å². The predicted molar refractivity (Wildman–Crippen MR) is 101 cm³/mol. The van der Waals surface area contributed by atoms with E-state index in [1.165, 1.54) is 11.8 Å². The zero-order chi connectivity index (χ0) is 18.0. The molecular weight excluding hydrogens is 338 g/mol. The topological polar surface area (TPSA) is 59.4 Å². The van der Waals surface area contributed by atoms with Crippen LogP contribution in [0.5, 0.6) is 5.75 Å². The number of hydrogen-bond acceptors (Lipinski definition) is 3. The number of hydrogen-bond donors (Lipinski definition) is 1. The molecule has 0 saturated carbocycles. The molecule has 0 amide bonds. The molecule has 1 heterocycles. The third kappa shape index (κ3) is 3.51. The van der Waals surface area contributed by atoms with Gasteiger partial charge in [0.15, 0.2) is 0 Å². The fourth-order valence-electron chi connectivity index (χ4n) is 2.45. The van der Waals surface area contributed by atoms with E-state index in [2.05, 4.69) is 10.1 Å². The van der Waals surface area contributed by atoms with Gasteiger partial charge in [-0.15, -0.1) is 0 Å². The van der Waals surface area contributed by atoms with E-state index in [4.69, 9.17) is 16.3 Å². The fraction of sp³-hybridized carbons (Fsp3) is 0.158. The molecule has 2 aromatic carbocycles. The zero-order valence-corrected chi connectivity index (χ0v) is 15.0. The molecule has 25 heavy (non-hydrogen) atoms. The SMILES string of the molecule is COc1cc(-n2[nH]c(C)c(C=Nc3ccc(C)cc3)c2=O)ccc1Cl. The van der Waals surface area contributed by atoms with E-state index >= 15 is 0 Å². The molecule has 0 aliphatic carbocycles. The maximum Gasteiger partial charge on any atom is 0.280 e. The summed E-state index contributed by atoms with van der Waals surface area (Å²) >= 11 is 6.04. The van der Waals surface area contributed by atoms with Gasteiger partial charge in [-0.25, -0.2) is 4.68 Å². The van der Waals surface area contributed by atoms with Gasteiger partial charge in [-0.1, -0.05) is 29.3 Å². The Morgan fingerprint density at radius 2 is 1.88 bits per heavy atom. The molecule has 0 spiro atoms. The van der Waals surface area contributed by atoms with Crippen molar-refractivity contribution in [3.8, 4) is 11.4 Å². The largest absolute Gasteiger partial charge is 0.495 e. The molecule has 128 valence electrons. The van der Waals surface area contributed by atoms with Gasteiger partial charge in [0.2, 0.25) is 0 Å². The highest BCUT2D eigenvalue weighted by Gasteiger charge is 2.12. The minimum absolute atomic E-state index is 0.183. The molecule has 0 radical (unpaired) electrons. The van der Waals surface area contributed by atoms with Crippen molar-refractivity contribution in [2.45, 2.75) is 13.8 Å². The Bertz CT molecular complexity index is 985. The number of nitrogens with one attached hydrogen (secondary N) is 1. The molecule has 3 aromatic rings. The molecular formula is C19H18ClN3O2. The Hall–Kier alpha value is -2.79. The van der Waals surface area contributed by atoms with Gasteiger partial charge in [-0.2, -0.15) is 0 Å². The van der Waals surface area contributed by atoms with E-state index in [9.17, 15) is 4.79 Å². The summed E-state index contributed by atoms with van der Waals surface area (Å²) < 4.78 is 6.66. The molecule has 5 nitrogen and oxygen atoms in total. The van der Waals surface area contributed by atoms with Crippen molar-refractivity contribution >= 4 is 23.5 Å². The second-order valence-corrected chi connectivity index (χ2v) is 6.11. The number of benzene rings is 2. The van der Waals surface area contributed by atoms with Crippen LogP contribution in [0.4, 0.5) is 5.69 Å². The minimum Gasteiger partial charge on any atom is -0.495 e. The van der Waals surface area contributed by atoms with Crippen LogP contribution in [0.1, 0.15) is 16.8 Å². The summed E-state index contributed by atoms with van der Waals surface area (Å²) in [5.41, 5.74) is 3.66. The smallest absolute Gasteiger partial charge is 0.280 e. The van der Waals surface area contributed by atoms with Crippen LogP contribution >= 0.6 is 11.6 Å². The summed E-state index contributed by atoms with van der Waals surface area (Å²) in [5.74, 6) is 0.508. The second-order valence-electron chi connectivity index (χ2n) is 5.70. The van der Waals surface area contributed by atoms with Crippen molar-refractivity contribution in [3.05, 3.63) is 74.7 Å². The number of aromatic nitrogens is 2. The summed E-state index contributed by atoms with van der Waals surface area (Å²) in [4.78, 5) is 17.1. The minimum atomic E-state index is -0.183. The van der Waals surface area contributed by atoms with Gasteiger partial charge in [-0.3, -0.25) is 14.9 Å². The van der Waals surface area contributed by atoms with Crippen molar-refractivity contribution in [1.82, 2.24) is 9.78 Å². The average Bonchev–Trinajstić information content (AvgIpc) is 2.89. The lowest BCUT2D eigenvalue weighted by Crippen LogP contribution is -2.17. The monoisotopic (exact) mass is 355 g/mol.